The maximum absolute atomic E-state index is 8.90. The second kappa shape index (κ2) is 6.56. The number of aromatic nitrogens is 3. The van der Waals surface area contributed by atoms with Crippen LogP contribution < -0.4 is 0 Å². The molecule has 3 nitrogen and oxygen atoms in total. The van der Waals surface area contributed by atoms with Gasteiger partial charge >= 0.3 is 0 Å². The van der Waals surface area contributed by atoms with E-state index in [0.717, 1.165) is 9.13 Å². The molecule has 0 N–H and O–H groups in total. The molecule has 0 saturated heterocycles. The topological polar surface area (TPSA) is 22.8 Å². The summed E-state index contributed by atoms with van der Waals surface area (Å²) >= 11 is 0. The number of para-hydroxylation sites is 4. The van der Waals surface area contributed by atoms with E-state index in [0.29, 0.717) is 0 Å². The molecule has 3 heterocycles. The van der Waals surface area contributed by atoms with Crippen LogP contribution in [0.3, 0.4) is 0 Å². The Hall–Kier alpha value is -4.37. The number of rotatable bonds is 2. The van der Waals surface area contributed by atoms with Crippen LogP contribution in [0.1, 0.15) is 26.0 Å². The molecule has 0 aliphatic rings. The van der Waals surface area contributed by atoms with Crippen LogP contribution in [0, 0.1) is 0 Å². The van der Waals surface area contributed by atoms with Crippen LogP contribution >= 0.6 is 0 Å². The van der Waals surface area contributed by atoms with Gasteiger partial charge in [0.05, 0.1) is 48.1 Å². The van der Waals surface area contributed by atoms with Gasteiger partial charge in [-0.25, -0.2) is 4.98 Å². The smallest absolute Gasteiger partial charge is 0.140 e. The fourth-order valence-electron chi connectivity index (χ4n) is 3.78. The monoisotopic (exact) mass is 428 g/mol. The predicted molar refractivity (Wildman–Crippen MR) is 133 cm³/mol. The molecule has 0 aliphatic heterocycles. The zero-order valence-corrected chi connectivity index (χ0v) is 15.8. The normalized spacial score (nSPS) is 20.1. The van der Waals surface area contributed by atoms with Crippen LogP contribution in [0.5, 0.6) is 0 Å². The molecule has 4 aromatic carbocycles. The summed E-state index contributed by atoms with van der Waals surface area (Å²) in [5.41, 5.74) is -1.78. The summed E-state index contributed by atoms with van der Waals surface area (Å²) in [6, 6.07) is -14.2. The van der Waals surface area contributed by atoms with E-state index < -0.39 is 149 Å². The minimum absolute atomic E-state index is 0.354. The van der Waals surface area contributed by atoms with Gasteiger partial charge in [0.1, 0.15) is 11.6 Å². The standard InChI is InChI=1S/C29H19N3/c1-5-14-24-20(10-1)21-11-2-6-15-25(21)31(24)28-18-9-19-29(30-28)32-26-16-7-3-12-22(26)23-13-4-8-17-27(23)32/h1-19H/i1D,2D,3D,4D,5D,6D,7D,8D,9D,10D,11D,12D,13D,14D,15D,16D,17D,18D,19D. The fourth-order valence-corrected chi connectivity index (χ4v) is 3.78. The average Bonchev–Trinajstić information content (AvgIpc) is 3.65. The molecule has 0 radical (unpaired) electrons. The van der Waals surface area contributed by atoms with E-state index in [1.807, 2.05) is 0 Å². The van der Waals surface area contributed by atoms with Gasteiger partial charge in [-0.2, -0.15) is 0 Å². The van der Waals surface area contributed by atoms with Gasteiger partial charge in [0.15, 0.2) is 0 Å². The highest BCUT2D eigenvalue weighted by molar-refractivity contribution is 6.10. The van der Waals surface area contributed by atoms with Crippen molar-refractivity contribution >= 4 is 43.6 Å². The van der Waals surface area contributed by atoms with E-state index in [1.165, 1.54) is 0 Å². The van der Waals surface area contributed by atoms with Crippen molar-refractivity contribution in [1.29, 1.82) is 0 Å². The Labute approximate surface area is 211 Å². The first-order valence-corrected chi connectivity index (χ1v) is 9.29. The summed E-state index contributed by atoms with van der Waals surface area (Å²) in [7, 11) is 0. The highest BCUT2D eigenvalue weighted by Gasteiger charge is 2.15. The Morgan fingerprint density at radius 2 is 0.719 bits per heavy atom. The molecule has 7 aromatic rings. The lowest BCUT2D eigenvalue weighted by molar-refractivity contribution is 1.01. The van der Waals surface area contributed by atoms with E-state index in [2.05, 4.69) is 4.98 Å². The Bertz CT molecular complexity index is 2460. The van der Waals surface area contributed by atoms with Crippen molar-refractivity contribution in [3.05, 3.63) is 115 Å². The summed E-state index contributed by atoms with van der Waals surface area (Å²) in [4.78, 5) is 4.43. The molecule has 3 aromatic heterocycles. The fraction of sp³-hybridized carbons (Fsp3) is 0. The maximum atomic E-state index is 8.90. The highest BCUT2D eigenvalue weighted by atomic mass is 15.1. The van der Waals surface area contributed by atoms with E-state index in [9.17, 15) is 0 Å². The maximum Gasteiger partial charge on any atom is 0.140 e. The van der Waals surface area contributed by atoms with Crippen LogP contribution in [0.2, 0.25) is 0 Å². The zero-order chi connectivity index (χ0) is 37.6. The number of benzene rings is 4. The van der Waals surface area contributed by atoms with E-state index >= 15 is 0 Å². The minimum Gasteiger partial charge on any atom is -0.294 e. The van der Waals surface area contributed by atoms with Crippen LogP contribution in [-0.2, 0) is 0 Å². The average molecular weight is 429 g/mol. The van der Waals surface area contributed by atoms with Gasteiger partial charge in [-0.1, -0.05) is 78.6 Å². The highest BCUT2D eigenvalue weighted by Crippen LogP contribution is 2.33. The van der Waals surface area contributed by atoms with Crippen molar-refractivity contribution in [3.63, 3.8) is 0 Å². The molecular formula is C29H19N3. The Morgan fingerprint density at radius 3 is 1.06 bits per heavy atom. The number of nitrogens with zero attached hydrogens (tertiary/aromatic N) is 3. The van der Waals surface area contributed by atoms with E-state index in [1.54, 1.807) is 0 Å². The molecular weight excluding hydrogens is 390 g/mol. The number of hydrogen-bond donors (Lipinski definition) is 0. The molecule has 0 amide bonds. The van der Waals surface area contributed by atoms with Crippen molar-refractivity contribution in [3.8, 4) is 11.6 Å². The molecule has 0 atom stereocenters. The van der Waals surface area contributed by atoms with Crippen molar-refractivity contribution in [1.82, 2.24) is 14.1 Å². The first kappa shape index (κ1) is 7.07. The third-order valence-electron chi connectivity index (χ3n) is 5.05. The first-order chi connectivity index (χ1) is 23.8. The molecule has 0 unspecified atom stereocenters. The molecule has 0 fully saturated rings. The van der Waals surface area contributed by atoms with Crippen molar-refractivity contribution < 1.29 is 26.0 Å². The molecule has 0 saturated carbocycles. The summed E-state index contributed by atoms with van der Waals surface area (Å²) in [5.74, 6) is -1.37. The molecule has 150 valence electrons. The van der Waals surface area contributed by atoms with E-state index in [4.69, 9.17) is 26.0 Å². The predicted octanol–water partition coefficient (Wildman–Crippen LogP) is 7.28. The Kier molecular flexibility index (Phi) is 1.45. The minimum atomic E-state index is -0.886. The molecule has 0 aliphatic carbocycles. The van der Waals surface area contributed by atoms with Gasteiger partial charge in [-0.3, -0.25) is 9.13 Å². The summed E-state index contributed by atoms with van der Waals surface area (Å²) < 4.78 is 165. The van der Waals surface area contributed by atoms with Crippen LogP contribution in [-0.4, -0.2) is 14.1 Å². The lowest BCUT2D eigenvalue weighted by Gasteiger charge is -2.11. The summed E-state index contributed by atoms with van der Waals surface area (Å²) in [5, 5.41) is -1.42. The second-order valence-electron chi connectivity index (χ2n) is 6.70. The summed E-state index contributed by atoms with van der Waals surface area (Å²) in [6.45, 7) is 0. The Balaban J connectivity index is 1.80. The Morgan fingerprint density at radius 1 is 0.406 bits per heavy atom. The van der Waals surface area contributed by atoms with E-state index in [-0.39, 0.29) is 21.5 Å². The molecule has 7 rings (SSSR count). The number of fused-ring (bicyclic) bond motifs is 6. The lowest BCUT2D eigenvalue weighted by atomic mass is 10.2. The van der Waals surface area contributed by atoms with Gasteiger partial charge in [0.2, 0.25) is 0 Å². The number of hydrogen-bond acceptors (Lipinski definition) is 1. The second-order valence-corrected chi connectivity index (χ2v) is 6.70. The lowest BCUT2D eigenvalue weighted by Crippen LogP contribution is -2.02. The first-order valence-electron chi connectivity index (χ1n) is 18.8. The number of pyridine rings is 1. The third kappa shape index (κ3) is 2.33. The molecule has 32 heavy (non-hydrogen) atoms. The van der Waals surface area contributed by atoms with Crippen LogP contribution in [0.25, 0.3) is 55.2 Å². The van der Waals surface area contributed by atoms with Gasteiger partial charge in [0, 0.05) is 21.5 Å². The van der Waals surface area contributed by atoms with Gasteiger partial charge in [-0.05, 0) is 36.3 Å². The molecule has 0 spiro atoms. The summed E-state index contributed by atoms with van der Waals surface area (Å²) in [6.07, 6.45) is 0. The molecule has 0 bridgehead atoms. The molecule has 3 heteroatoms. The third-order valence-corrected chi connectivity index (χ3v) is 5.05. The van der Waals surface area contributed by atoms with Gasteiger partial charge in [0.25, 0.3) is 0 Å². The largest absolute Gasteiger partial charge is 0.294 e. The van der Waals surface area contributed by atoms with Gasteiger partial charge in [-0.15, -0.1) is 0 Å². The SMILES string of the molecule is [2H]c1c(-n2c3c([2H])c([2H])c([2H])c([2H])c3c3c([2H])c([2H])c([2H])c([2H])c32)nc(-n2c3c([2H])c([2H])c([2H])c([2H])c3c3c([2H])c([2H])c([2H])c([2H])c32)c([2H])c1[2H]. The van der Waals surface area contributed by atoms with Crippen molar-refractivity contribution in [2.75, 3.05) is 0 Å². The van der Waals surface area contributed by atoms with Crippen molar-refractivity contribution in [2.45, 2.75) is 0 Å². The van der Waals surface area contributed by atoms with Crippen molar-refractivity contribution in [2.24, 2.45) is 0 Å². The quantitative estimate of drug-likeness (QED) is 0.284. The van der Waals surface area contributed by atoms with Gasteiger partial charge < -0.3 is 0 Å². The zero-order valence-electron chi connectivity index (χ0n) is 34.8. The van der Waals surface area contributed by atoms with Crippen LogP contribution in [0.15, 0.2) is 115 Å². The van der Waals surface area contributed by atoms with Crippen LogP contribution in [0.4, 0.5) is 0 Å².